The predicted octanol–water partition coefficient (Wildman–Crippen LogP) is 4.51. The first kappa shape index (κ1) is 17.0. The monoisotopic (exact) mass is 360 g/mol. The molecule has 2 nitrogen and oxygen atoms in total. The van der Waals surface area contributed by atoms with Crippen molar-refractivity contribution in [2.45, 2.75) is 39.3 Å². The van der Waals surface area contributed by atoms with Gasteiger partial charge in [0.25, 0.3) is 0 Å². The lowest BCUT2D eigenvalue weighted by molar-refractivity contribution is -0.114. The molecular weight excluding hydrogens is 339 g/mol. The van der Waals surface area contributed by atoms with Gasteiger partial charge in [-0.05, 0) is 61.3 Å². The minimum atomic E-state index is -1.11. The number of carbonyl (C=O) groups is 2. The Morgan fingerprint density at radius 1 is 1.32 bits per heavy atom. The van der Waals surface area contributed by atoms with Crippen LogP contribution in [0.2, 0.25) is 0 Å². The first-order valence-corrected chi connectivity index (χ1v) is 9.44. The van der Waals surface area contributed by atoms with Crippen LogP contribution in [0.15, 0.2) is 47.1 Å². The summed E-state index contributed by atoms with van der Waals surface area (Å²) < 4.78 is 15.0. The maximum Gasteiger partial charge on any atom is 0.178 e. The molecule has 4 aliphatic rings. The van der Waals surface area contributed by atoms with Crippen LogP contribution in [-0.2, 0) is 9.59 Å². The summed E-state index contributed by atoms with van der Waals surface area (Å²) in [5.41, 5.74) is 1.85. The van der Waals surface area contributed by atoms with E-state index in [1.54, 1.807) is 6.08 Å². The van der Waals surface area contributed by atoms with E-state index < -0.39 is 11.6 Å². The summed E-state index contributed by atoms with van der Waals surface area (Å²) in [4.78, 5) is 24.0. The Labute approximate surface area is 152 Å². The highest BCUT2D eigenvalue weighted by atomic mass is 35.5. The summed E-state index contributed by atoms with van der Waals surface area (Å²) in [6.45, 7) is 4.14. The van der Waals surface area contributed by atoms with Crippen molar-refractivity contribution in [1.82, 2.24) is 0 Å². The van der Waals surface area contributed by atoms with Crippen molar-refractivity contribution >= 4 is 23.2 Å². The van der Waals surface area contributed by atoms with Gasteiger partial charge in [0.2, 0.25) is 0 Å². The molecule has 0 unspecified atom stereocenters. The number of rotatable bonds is 2. The molecular formula is C21H22ClFO2. The summed E-state index contributed by atoms with van der Waals surface area (Å²) in [5, 5.41) is 0. The first-order valence-electron chi connectivity index (χ1n) is 8.91. The number of alkyl halides is 2. The van der Waals surface area contributed by atoms with Crippen LogP contribution in [0.5, 0.6) is 0 Å². The molecule has 0 aliphatic heterocycles. The molecule has 0 aromatic rings. The summed E-state index contributed by atoms with van der Waals surface area (Å²) in [6, 6.07) is 0. The molecule has 4 aliphatic carbocycles. The number of allylic oxidation sites excluding steroid dienone is 8. The van der Waals surface area contributed by atoms with Crippen LogP contribution in [0, 0.1) is 22.7 Å². The topological polar surface area (TPSA) is 34.1 Å². The quantitative estimate of drug-likeness (QED) is 0.536. The van der Waals surface area contributed by atoms with Gasteiger partial charge in [0.05, 0.1) is 5.88 Å². The van der Waals surface area contributed by atoms with E-state index in [4.69, 9.17) is 11.6 Å². The largest absolute Gasteiger partial charge is 0.293 e. The van der Waals surface area contributed by atoms with Gasteiger partial charge in [-0.1, -0.05) is 30.7 Å². The Morgan fingerprint density at radius 2 is 2.08 bits per heavy atom. The van der Waals surface area contributed by atoms with E-state index >= 15 is 4.39 Å². The maximum absolute atomic E-state index is 15.0. The van der Waals surface area contributed by atoms with Gasteiger partial charge in [-0.15, -0.1) is 11.6 Å². The van der Waals surface area contributed by atoms with Crippen molar-refractivity contribution in [2.24, 2.45) is 22.7 Å². The van der Waals surface area contributed by atoms with Crippen LogP contribution >= 0.6 is 11.6 Å². The average molecular weight is 361 g/mol. The molecule has 0 radical (unpaired) electrons. The molecule has 0 bridgehead atoms. The van der Waals surface area contributed by atoms with Crippen molar-refractivity contribution in [3.8, 4) is 0 Å². The zero-order chi connectivity index (χ0) is 18.0. The van der Waals surface area contributed by atoms with E-state index in [1.165, 1.54) is 11.6 Å². The van der Waals surface area contributed by atoms with Crippen LogP contribution in [0.1, 0.15) is 33.1 Å². The highest BCUT2D eigenvalue weighted by molar-refractivity contribution is 6.30. The van der Waals surface area contributed by atoms with Gasteiger partial charge in [0.1, 0.15) is 6.17 Å². The number of ketones is 2. The summed E-state index contributed by atoms with van der Waals surface area (Å²) in [6.07, 6.45) is 9.95. The second-order valence-electron chi connectivity index (χ2n) is 8.15. The summed E-state index contributed by atoms with van der Waals surface area (Å²) >= 11 is 5.80. The van der Waals surface area contributed by atoms with Gasteiger partial charge in [0.15, 0.2) is 11.6 Å². The normalized spacial score (nSPS) is 42.0. The van der Waals surface area contributed by atoms with Crippen LogP contribution in [0.25, 0.3) is 0 Å². The molecule has 4 heteroatoms. The van der Waals surface area contributed by atoms with E-state index in [0.717, 1.165) is 18.4 Å². The molecule has 4 rings (SSSR count). The van der Waals surface area contributed by atoms with Gasteiger partial charge in [-0.2, -0.15) is 0 Å². The maximum atomic E-state index is 15.0. The molecule has 5 atom stereocenters. The Morgan fingerprint density at radius 3 is 2.80 bits per heavy atom. The van der Waals surface area contributed by atoms with Crippen molar-refractivity contribution < 1.29 is 14.0 Å². The highest BCUT2D eigenvalue weighted by Gasteiger charge is 2.56. The van der Waals surface area contributed by atoms with E-state index in [0.29, 0.717) is 12.0 Å². The lowest BCUT2D eigenvalue weighted by atomic mass is 9.52. The van der Waals surface area contributed by atoms with E-state index in [9.17, 15) is 9.59 Å². The molecule has 0 N–H and O–H groups in total. The van der Waals surface area contributed by atoms with Gasteiger partial charge in [-0.25, -0.2) is 4.39 Å². The smallest absolute Gasteiger partial charge is 0.178 e. The van der Waals surface area contributed by atoms with Crippen LogP contribution in [0.3, 0.4) is 0 Å². The molecule has 0 heterocycles. The van der Waals surface area contributed by atoms with Crippen LogP contribution < -0.4 is 0 Å². The first-order chi connectivity index (χ1) is 11.8. The van der Waals surface area contributed by atoms with Gasteiger partial charge in [-0.3, -0.25) is 9.59 Å². The fourth-order valence-corrected chi connectivity index (χ4v) is 5.76. The standard InChI is InChI=1S/C21H22ClFO2/c1-20-8-6-15-13(14(20)3-4-16(20)19(25)11-22)10-18(23)17-9-12(24)5-7-21(15,17)2/h4-7,9,13-14,18H,3,8,10-11H2,1-2H3/t13-,14-,18-,20-,21+/m0/s1. The summed E-state index contributed by atoms with van der Waals surface area (Å²) in [5.74, 6) is 0.165. The predicted molar refractivity (Wildman–Crippen MR) is 96.1 cm³/mol. The molecule has 25 heavy (non-hydrogen) atoms. The molecule has 0 aromatic carbocycles. The number of carbonyl (C=O) groups excluding carboxylic acids is 2. The third-order valence-corrected chi connectivity index (χ3v) is 7.18. The zero-order valence-electron chi connectivity index (χ0n) is 14.5. The zero-order valence-corrected chi connectivity index (χ0v) is 15.3. The van der Waals surface area contributed by atoms with E-state index in [1.807, 2.05) is 19.1 Å². The Kier molecular flexibility index (Phi) is 3.74. The second-order valence-corrected chi connectivity index (χ2v) is 8.41. The number of Topliss-reactive ketones (excluding diaryl/α,β-unsaturated/α-hetero) is 1. The van der Waals surface area contributed by atoms with Crippen molar-refractivity contribution in [1.29, 1.82) is 0 Å². The fourth-order valence-electron chi connectivity index (χ4n) is 5.62. The fraction of sp³-hybridized carbons (Fsp3) is 0.524. The molecule has 0 saturated heterocycles. The Balaban J connectivity index is 1.77. The van der Waals surface area contributed by atoms with Crippen LogP contribution in [-0.4, -0.2) is 23.6 Å². The van der Waals surface area contributed by atoms with Crippen molar-refractivity contribution in [3.05, 3.63) is 47.1 Å². The Bertz CT molecular complexity index is 790. The lowest BCUT2D eigenvalue weighted by Gasteiger charge is -2.52. The van der Waals surface area contributed by atoms with Crippen molar-refractivity contribution in [3.63, 3.8) is 0 Å². The van der Waals surface area contributed by atoms with Crippen LogP contribution in [0.4, 0.5) is 4.39 Å². The van der Waals surface area contributed by atoms with Gasteiger partial charge in [0, 0.05) is 10.8 Å². The van der Waals surface area contributed by atoms with E-state index in [2.05, 4.69) is 13.0 Å². The Hall–Kier alpha value is -1.48. The average Bonchev–Trinajstić information content (AvgIpc) is 2.93. The molecule has 0 amide bonds. The lowest BCUT2D eigenvalue weighted by Crippen LogP contribution is -2.46. The van der Waals surface area contributed by atoms with Crippen molar-refractivity contribution in [2.75, 3.05) is 5.88 Å². The number of fused-ring (bicyclic) bond motifs is 5. The molecule has 0 aromatic heterocycles. The minimum Gasteiger partial charge on any atom is -0.293 e. The second kappa shape index (κ2) is 5.51. The molecule has 1 saturated carbocycles. The summed E-state index contributed by atoms with van der Waals surface area (Å²) in [7, 11) is 0. The SMILES string of the molecule is C[C@]12C=CC(=O)C=C1[C@@H](F)C[C@@H]1C2=CC[C@]2(C)C(C(=O)CCl)=CC[C@@H]12. The highest BCUT2D eigenvalue weighted by Crippen LogP contribution is 2.62. The number of halogens is 2. The van der Waals surface area contributed by atoms with Gasteiger partial charge < -0.3 is 0 Å². The van der Waals surface area contributed by atoms with E-state index in [-0.39, 0.29) is 34.7 Å². The van der Waals surface area contributed by atoms with Gasteiger partial charge >= 0.3 is 0 Å². The number of hydrogen-bond acceptors (Lipinski definition) is 2. The molecule has 132 valence electrons. The third kappa shape index (κ3) is 2.21. The third-order valence-electron chi connectivity index (χ3n) is 6.94. The molecule has 0 spiro atoms. The minimum absolute atomic E-state index is 0.00340. The number of hydrogen-bond donors (Lipinski definition) is 0. The molecule has 1 fully saturated rings.